The molecule has 28 heavy (non-hydrogen) atoms. The Hall–Kier alpha value is -3.39. The summed E-state index contributed by atoms with van der Waals surface area (Å²) < 4.78 is 0. The Kier molecular flexibility index (Phi) is 4.27. The molecule has 2 aliphatic rings. The molecular weight excluding hydrogens is 380 g/mol. The maximum atomic E-state index is 12.8. The van der Waals surface area contributed by atoms with E-state index in [4.69, 9.17) is 0 Å². The Morgan fingerprint density at radius 3 is 2.57 bits per heavy atom. The van der Waals surface area contributed by atoms with Gasteiger partial charge in [-0.1, -0.05) is 24.3 Å². The predicted octanol–water partition coefficient (Wildman–Crippen LogP) is 3.15. The van der Waals surface area contributed by atoms with Gasteiger partial charge in [0, 0.05) is 13.0 Å². The van der Waals surface area contributed by atoms with Gasteiger partial charge in [-0.3, -0.25) is 19.2 Å². The second-order valence-electron chi connectivity index (χ2n) is 6.29. The van der Waals surface area contributed by atoms with E-state index in [0.717, 1.165) is 9.80 Å². The second kappa shape index (κ2) is 6.65. The molecule has 4 rings (SSSR count). The number of hydrogen-bond acceptors (Lipinski definition) is 6. The summed E-state index contributed by atoms with van der Waals surface area (Å²) in [5.74, 6) is -2.35. The minimum absolute atomic E-state index is 0.0717. The number of fused-ring (bicyclic) bond motifs is 1. The number of benzene rings is 2. The zero-order valence-corrected chi connectivity index (χ0v) is 15.5. The molecule has 140 valence electrons. The minimum atomic E-state index is -0.830. The topological polar surface area (TPSA) is 95.0 Å². The maximum absolute atomic E-state index is 12.8. The second-order valence-corrected chi connectivity index (χ2v) is 7.28. The fraction of sp³-hybridized carbons (Fsp3) is 0.100. The molecule has 8 heteroatoms. The van der Waals surface area contributed by atoms with Crippen LogP contribution in [-0.4, -0.2) is 28.1 Å². The third kappa shape index (κ3) is 2.78. The summed E-state index contributed by atoms with van der Waals surface area (Å²) in [5, 5.41) is 9.09. The van der Waals surface area contributed by atoms with E-state index in [0.29, 0.717) is 23.0 Å². The lowest BCUT2D eigenvalue weighted by Gasteiger charge is -2.13. The first-order valence-electron chi connectivity index (χ1n) is 8.39. The van der Waals surface area contributed by atoms with E-state index < -0.39 is 28.9 Å². The fourth-order valence-electron chi connectivity index (χ4n) is 3.32. The Morgan fingerprint density at radius 2 is 1.86 bits per heavy atom. The molecule has 4 amide bonds. The molecule has 1 fully saturated rings. The number of amides is 4. The largest absolute Gasteiger partial charge is 0.508 e. The van der Waals surface area contributed by atoms with Gasteiger partial charge in [0.2, 0.25) is 11.8 Å². The number of imide groups is 2. The molecule has 2 aromatic rings. The number of phenolic OH excluding ortho intramolecular Hbond substituents is 1. The van der Waals surface area contributed by atoms with Crippen molar-refractivity contribution in [1.29, 1.82) is 0 Å². The van der Waals surface area contributed by atoms with Gasteiger partial charge in [0.25, 0.3) is 11.1 Å². The van der Waals surface area contributed by atoms with Crippen molar-refractivity contribution >= 4 is 46.1 Å². The van der Waals surface area contributed by atoms with Crippen molar-refractivity contribution in [2.24, 2.45) is 0 Å². The van der Waals surface area contributed by atoms with E-state index in [-0.39, 0.29) is 16.3 Å². The van der Waals surface area contributed by atoms with Crippen LogP contribution in [0.15, 0.2) is 59.5 Å². The van der Waals surface area contributed by atoms with Gasteiger partial charge in [-0.05, 0) is 41.6 Å². The third-order valence-electron chi connectivity index (χ3n) is 4.51. The van der Waals surface area contributed by atoms with Crippen LogP contribution in [-0.2, 0) is 14.4 Å². The van der Waals surface area contributed by atoms with Gasteiger partial charge in [0.1, 0.15) is 5.75 Å². The average molecular weight is 394 g/mol. The van der Waals surface area contributed by atoms with Crippen LogP contribution in [0.5, 0.6) is 5.75 Å². The molecule has 1 atom stereocenters. The molecule has 0 bridgehead atoms. The number of hydrogen-bond donors (Lipinski definition) is 1. The number of anilines is 2. The van der Waals surface area contributed by atoms with Crippen molar-refractivity contribution in [1.82, 2.24) is 0 Å². The van der Waals surface area contributed by atoms with Crippen LogP contribution in [0.2, 0.25) is 0 Å². The van der Waals surface area contributed by atoms with E-state index in [1.54, 1.807) is 24.3 Å². The lowest BCUT2D eigenvalue weighted by Crippen LogP contribution is -2.33. The molecule has 0 radical (unpaired) electrons. The number of aromatic hydroxyl groups is 1. The molecular formula is C20H14N2O5S. The van der Waals surface area contributed by atoms with Gasteiger partial charge in [0.15, 0.2) is 0 Å². The molecule has 0 aliphatic carbocycles. The molecule has 2 aromatic carbocycles. The summed E-state index contributed by atoms with van der Waals surface area (Å²) in [6.45, 7) is 1.30. The van der Waals surface area contributed by atoms with Crippen molar-refractivity contribution in [3.8, 4) is 5.75 Å². The van der Waals surface area contributed by atoms with Crippen molar-refractivity contribution in [2.45, 2.75) is 12.8 Å². The molecule has 2 aliphatic heterocycles. The van der Waals surface area contributed by atoms with Gasteiger partial charge < -0.3 is 5.11 Å². The van der Waals surface area contributed by atoms with Crippen molar-refractivity contribution in [3.63, 3.8) is 0 Å². The first-order chi connectivity index (χ1) is 13.4. The molecule has 1 saturated heterocycles. The van der Waals surface area contributed by atoms with E-state index in [9.17, 15) is 24.3 Å². The number of nitrogens with zero attached hydrogens (tertiary/aromatic N) is 2. The summed E-state index contributed by atoms with van der Waals surface area (Å²) in [7, 11) is 0. The molecule has 0 aromatic heterocycles. The molecule has 7 nitrogen and oxygen atoms in total. The van der Waals surface area contributed by atoms with Gasteiger partial charge in [-0.25, -0.2) is 9.80 Å². The van der Waals surface area contributed by atoms with Gasteiger partial charge >= 0.3 is 0 Å². The number of carbonyl (C=O) groups excluding carboxylic acids is 4. The SMILES string of the molecule is CC(=O)N1C(=O)C(/C=C2\SC(=O)N(c3cccc(O)c3)C2=O)c2ccccc21. The minimum Gasteiger partial charge on any atom is -0.508 e. The standard InChI is InChI=1S/C20H14N2O5S/c1-11(23)21-16-8-3-2-7-14(16)15(18(21)25)10-17-19(26)22(20(27)28-17)12-5-4-6-13(24)9-12/h2-10,15,24H,1H3/b17-10-. The monoisotopic (exact) mass is 394 g/mol. The Balaban J connectivity index is 1.72. The first-order valence-corrected chi connectivity index (χ1v) is 9.20. The molecule has 0 saturated carbocycles. The quantitative estimate of drug-likeness (QED) is 0.787. The van der Waals surface area contributed by atoms with E-state index >= 15 is 0 Å². The zero-order chi connectivity index (χ0) is 20.0. The number of phenols is 1. The van der Waals surface area contributed by atoms with Gasteiger partial charge in [-0.15, -0.1) is 0 Å². The van der Waals surface area contributed by atoms with Crippen LogP contribution in [0.3, 0.4) is 0 Å². The Morgan fingerprint density at radius 1 is 1.11 bits per heavy atom. The highest BCUT2D eigenvalue weighted by molar-refractivity contribution is 8.18. The Labute approximate surface area is 164 Å². The summed E-state index contributed by atoms with van der Waals surface area (Å²) in [6, 6.07) is 12.7. The van der Waals surface area contributed by atoms with Crippen LogP contribution >= 0.6 is 11.8 Å². The number of para-hydroxylation sites is 1. The van der Waals surface area contributed by atoms with Crippen LogP contribution in [0.4, 0.5) is 16.2 Å². The molecule has 2 heterocycles. The van der Waals surface area contributed by atoms with Crippen molar-refractivity contribution in [2.75, 3.05) is 9.80 Å². The van der Waals surface area contributed by atoms with Crippen LogP contribution in [0.1, 0.15) is 18.4 Å². The van der Waals surface area contributed by atoms with Gasteiger partial charge in [-0.2, -0.15) is 0 Å². The lowest BCUT2D eigenvalue weighted by molar-refractivity contribution is -0.125. The molecule has 0 spiro atoms. The number of thioether (sulfide) groups is 1. The molecule has 1 N–H and O–H groups in total. The van der Waals surface area contributed by atoms with Crippen LogP contribution in [0.25, 0.3) is 0 Å². The smallest absolute Gasteiger partial charge is 0.298 e. The first kappa shape index (κ1) is 18.0. The number of carbonyl (C=O) groups is 4. The van der Waals surface area contributed by atoms with E-state index in [1.807, 2.05) is 0 Å². The number of rotatable bonds is 2. The Bertz CT molecular complexity index is 1080. The normalized spacial score (nSPS) is 20.2. The van der Waals surface area contributed by atoms with Crippen LogP contribution < -0.4 is 9.80 Å². The highest BCUT2D eigenvalue weighted by atomic mass is 32.2. The summed E-state index contributed by atoms with van der Waals surface area (Å²) in [4.78, 5) is 52.0. The average Bonchev–Trinajstić information content (AvgIpc) is 3.09. The van der Waals surface area contributed by atoms with E-state index in [1.165, 1.54) is 37.3 Å². The summed E-state index contributed by atoms with van der Waals surface area (Å²) >= 11 is 0.717. The predicted molar refractivity (Wildman–Crippen MR) is 104 cm³/mol. The lowest BCUT2D eigenvalue weighted by atomic mass is 10.00. The third-order valence-corrected chi connectivity index (χ3v) is 5.40. The summed E-state index contributed by atoms with van der Waals surface area (Å²) in [6.07, 6.45) is 1.43. The van der Waals surface area contributed by atoms with Crippen molar-refractivity contribution < 1.29 is 24.3 Å². The van der Waals surface area contributed by atoms with E-state index in [2.05, 4.69) is 0 Å². The van der Waals surface area contributed by atoms with Gasteiger partial charge in [0.05, 0.1) is 22.2 Å². The highest BCUT2D eigenvalue weighted by Gasteiger charge is 2.42. The van der Waals surface area contributed by atoms with Crippen molar-refractivity contribution in [3.05, 3.63) is 65.1 Å². The fourth-order valence-corrected chi connectivity index (χ4v) is 4.17. The highest BCUT2D eigenvalue weighted by Crippen LogP contribution is 2.42. The maximum Gasteiger partial charge on any atom is 0.298 e. The van der Waals surface area contributed by atoms with Crippen LogP contribution in [0, 0.1) is 0 Å². The zero-order valence-electron chi connectivity index (χ0n) is 14.7. The summed E-state index contributed by atoms with van der Waals surface area (Å²) in [5.41, 5.74) is 1.33. The molecule has 1 unspecified atom stereocenters.